The van der Waals surface area contributed by atoms with Crippen molar-refractivity contribution in [1.82, 2.24) is 14.8 Å². The van der Waals surface area contributed by atoms with Crippen LogP contribution in [0.25, 0.3) is 11.4 Å². The van der Waals surface area contributed by atoms with Crippen molar-refractivity contribution in [3.63, 3.8) is 0 Å². The third-order valence-electron chi connectivity index (χ3n) is 3.34. The van der Waals surface area contributed by atoms with Crippen molar-refractivity contribution in [2.45, 2.75) is 31.0 Å². The molecule has 0 saturated heterocycles. The summed E-state index contributed by atoms with van der Waals surface area (Å²) in [6, 6.07) is 2.20. The Morgan fingerprint density at radius 2 is 1.95 bits per heavy atom. The smallest absolute Gasteiger partial charge is 0.273 e. The molecule has 1 aliphatic rings. The van der Waals surface area contributed by atoms with Gasteiger partial charge in [-0.05, 0) is 31.4 Å². The van der Waals surface area contributed by atoms with Gasteiger partial charge in [-0.3, -0.25) is 4.57 Å². The minimum atomic E-state index is -4.12. The van der Waals surface area contributed by atoms with E-state index in [1.54, 1.807) is 0 Å². The molecule has 0 spiro atoms. The van der Waals surface area contributed by atoms with Gasteiger partial charge in [0.25, 0.3) is 15.2 Å². The van der Waals surface area contributed by atoms with E-state index in [1.807, 2.05) is 0 Å². The molecule has 1 saturated carbocycles. The van der Waals surface area contributed by atoms with Gasteiger partial charge in [0, 0.05) is 6.04 Å². The number of aryl methyl sites for hydroxylation is 1. The highest BCUT2D eigenvalue weighted by atomic mass is 32.2. The number of nitrogens with zero attached hydrogens (tertiary/aromatic N) is 3. The van der Waals surface area contributed by atoms with Crippen LogP contribution in [0.4, 0.5) is 8.78 Å². The van der Waals surface area contributed by atoms with Crippen LogP contribution in [0.3, 0.4) is 0 Å². The van der Waals surface area contributed by atoms with Gasteiger partial charge in [-0.1, -0.05) is 6.07 Å². The van der Waals surface area contributed by atoms with Crippen LogP contribution in [-0.2, 0) is 10.0 Å². The first-order valence-electron chi connectivity index (χ1n) is 6.23. The van der Waals surface area contributed by atoms with Gasteiger partial charge in [0.15, 0.2) is 5.82 Å². The number of aromatic nitrogens is 3. The maximum atomic E-state index is 14.2. The van der Waals surface area contributed by atoms with Crippen LogP contribution in [0.2, 0.25) is 0 Å². The molecule has 0 unspecified atom stereocenters. The summed E-state index contributed by atoms with van der Waals surface area (Å²) in [6.45, 7) is 1.48. The van der Waals surface area contributed by atoms with E-state index in [1.165, 1.54) is 17.6 Å². The van der Waals surface area contributed by atoms with Crippen LogP contribution in [0.5, 0.6) is 0 Å². The van der Waals surface area contributed by atoms with E-state index in [-0.39, 0.29) is 23.0 Å². The second-order valence-electron chi connectivity index (χ2n) is 5.01. The molecule has 1 aliphatic carbocycles. The lowest BCUT2D eigenvalue weighted by atomic mass is 10.1. The van der Waals surface area contributed by atoms with Gasteiger partial charge in [0.05, 0.1) is 5.56 Å². The van der Waals surface area contributed by atoms with E-state index in [0.717, 1.165) is 6.07 Å². The van der Waals surface area contributed by atoms with Crippen LogP contribution < -0.4 is 5.14 Å². The predicted molar refractivity (Wildman–Crippen MR) is 69.8 cm³/mol. The van der Waals surface area contributed by atoms with Crippen LogP contribution >= 0.6 is 0 Å². The maximum absolute atomic E-state index is 14.2. The summed E-state index contributed by atoms with van der Waals surface area (Å²) in [4.78, 5) is 0. The van der Waals surface area contributed by atoms with Gasteiger partial charge >= 0.3 is 0 Å². The van der Waals surface area contributed by atoms with Crippen LogP contribution in [0.1, 0.15) is 24.4 Å². The second kappa shape index (κ2) is 4.57. The van der Waals surface area contributed by atoms with Crippen molar-refractivity contribution in [2.75, 3.05) is 0 Å². The normalized spacial score (nSPS) is 15.4. The van der Waals surface area contributed by atoms with Crippen LogP contribution in [0.15, 0.2) is 17.3 Å². The molecular formula is C12H12F2N4O2S. The number of nitrogens with two attached hydrogens (primary N) is 1. The Labute approximate surface area is 119 Å². The summed E-state index contributed by atoms with van der Waals surface area (Å²) in [5.41, 5.74) is -0.154. The van der Waals surface area contributed by atoms with Crippen molar-refractivity contribution in [2.24, 2.45) is 5.14 Å². The lowest BCUT2D eigenvalue weighted by Gasteiger charge is -2.10. The molecule has 1 aromatic carbocycles. The van der Waals surface area contributed by atoms with Crippen molar-refractivity contribution >= 4 is 10.0 Å². The molecule has 0 amide bonds. The lowest BCUT2D eigenvalue weighted by molar-refractivity contribution is 0.560. The van der Waals surface area contributed by atoms with Gasteiger partial charge < -0.3 is 0 Å². The molecule has 112 valence electrons. The molecule has 2 N–H and O–H groups in total. The summed E-state index contributed by atoms with van der Waals surface area (Å²) in [6.07, 6.45) is 1.37. The Hall–Kier alpha value is -1.87. The minimum absolute atomic E-state index is 0.153. The van der Waals surface area contributed by atoms with Crippen molar-refractivity contribution < 1.29 is 17.2 Å². The Balaban J connectivity index is 2.30. The summed E-state index contributed by atoms with van der Waals surface area (Å²) < 4.78 is 52.5. The fourth-order valence-corrected chi connectivity index (χ4v) is 2.83. The van der Waals surface area contributed by atoms with E-state index in [2.05, 4.69) is 10.2 Å². The predicted octanol–water partition coefficient (Wildman–Crippen LogP) is 1.51. The highest BCUT2D eigenvalue weighted by molar-refractivity contribution is 7.89. The first-order valence-corrected chi connectivity index (χ1v) is 7.78. The van der Waals surface area contributed by atoms with Crippen molar-refractivity contribution in [3.8, 4) is 11.4 Å². The first kappa shape index (κ1) is 14.1. The molecule has 3 rings (SSSR count). The Morgan fingerprint density at radius 3 is 2.52 bits per heavy atom. The summed E-state index contributed by atoms with van der Waals surface area (Å²) in [5.74, 6) is -1.76. The summed E-state index contributed by atoms with van der Waals surface area (Å²) in [5, 5.41) is 11.8. The SMILES string of the molecule is Cc1ccc(F)c(-c2nnc(S(N)(=O)=O)n2C2CC2)c1F. The zero-order chi connectivity index (χ0) is 15.4. The molecule has 1 fully saturated rings. The number of benzene rings is 1. The molecule has 0 bridgehead atoms. The number of primary sulfonamides is 1. The van der Waals surface area contributed by atoms with E-state index in [0.29, 0.717) is 12.8 Å². The maximum Gasteiger partial charge on any atom is 0.273 e. The highest BCUT2D eigenvalue weighted by Gasteiger charge is 2.35. The fourth-order valence-electron chi connectivity index (χ4n) is 2.17. The molecule has 0 radical (unpaired) electrons. The molecule has 2 aromatic rings. The Kier molecular flexibility index (Phi) is 3.06. The quantitative estimate of drug-likeness (QED) is 0.929. The largest absolute Gasteiger partial charge is 0.293 e. The lowest BCUT2D eigenvalue weighted by Crippen LogP contribution is -2.18. The van der Waals surface area contributed by atoms with E-state index >= 15 is 0 Å². The van der Waals surface area contributed by atoms with Crippen molar-refractivity contribution in [3.05, 3.63) is 29.3 Å². The zero-order valence-electron chi connectivity index (χ0n) is 11.0. The monoisotopic (exact) mass is 314 g/mol. The van der Waals surface area contributed by atoms with Crippen LogP contribution in [0, 0.1) is 18.6 Å². The second-order valence-corrected chi connectivity index (χ2v) is 6.46. The minimum Gasteiger partial charge on any atom is -0.293 e. The zero-order valence-corrected chi connectivity index (χ0v) is 11.9. The van der Waals surface area contributed by atoms with E-state index < -0.39 is 26.8 Å². The molecule has 1 aromatic heterocycles. The summed E-state index contributed by atoms with van der Waals surface area (Å²) >= 11 is 0. The molecular weight excluding hydrogens is 302 g/mol. The fraction of sp³-hybridized carbons (Fsp3) is 0.333. The number of rotatable bonds is 3. The first-order chi connectivity index (χ1) is 9.80. The van der Waals surface area contributed by atoms with Gasteiger partial charge in [-0.25, -0.2) is 22.3 Å². The third-order valence-corrected chi connectivity index (χ3v) is 4.13. The Bertz CT molecular complexity index is 828. The number of sulfonamides is 1. The van der Waals surface area contributed by atoms with Crippen molar-refractivity contribution in [1.29, 1.82) is 0 Å². The molecule has 0 aliphatic heterocycles. The molecule has 6 nitrogen and oxygen atoms in total. The number of halogens is 2. The van der Waals surface area contributed by atoms with Crippen LogP contribution in [-0.4, -0.2) is 23.2 Å². The highest BCUT2D eigenvalue weighted by Crippen LogP contribution is 2.40. The molecule has 9 heteroatoms. The topological polar surface area (TPSA) is 90.9 Å². The standard InChI is InChI=1S/C12H12F2N4O2S/c1-6-2-5-8(13)9(10(6)14)11-16-17-12(21(15,19)20)18(11)7-3-4-7/h2,5,7H,3-4H2,1H3,(H2,15,19,20). The average Bonchev–Trinajstić information content (AvgIpc) is 3.13. The van der Waals surface area contributed by atoms with E-state index in [4.69, 9.17) is 5.14 Å². The average molecular weight is 314 g/mol. The molecule has 21 heavy (non-hydrogen) atoms. The Morgan fingerprint density at radius 1 is 1.29 bits per heavy atom. The van der Waals surface area contributed by atoms with Gasteiger partial charge in [-0.15, -0.1) is 10.2 Å². The van der Waals surface area contributed by atoms with Gasteiger partial charge in [-0.2, -0.15) is 0 Å². The molecule has 1 heterocycles. The summed E-state index contributed by atoms with van der Waals surface area (Å²) in [7, 11) is -4.12. The van der Waals surface area contributed by atoms with E-state index in [9.17, 15) is 17.2 Å². The van der Waals surface area contributed by atoms with Gasteiger partial charge in [0.2, 0.25) is 0 Å². The third kappa shape index (κ3) is 2.32. The number of hydrogen-bond acceptors (Lipinski definition) is 4. The molecule has 0 atom stereocenters. The van der Waals surface area contributed by atoms with Gasteiger partial charge in [0.1, 0.15) is 11.6 Å². The number of hydrogen-bond donors (Lipinski definition) is 1.